The number of likely N-dealkylation sites (N-methyl/N-ethyl adjacent to an activating group) is 1. The highest BCUT2D eigenvalue weighted by Crippen LogP contribution is 2.34. The standard InChI is InChI=1S/C21H18N2O3S2/c1-3-23-20(24)19(28-21(23)27)11-14-8-9-17(18(10-14)25-2)26-13-16-7-5-4-6-15(16)12-22/h4-11H,3,13H2,1-2H3/b19-11+. The molecule has 0 N–H and O–H groups in total. The van der Waals surface area contributed by atoms with E-state index in [1.807, 2.05) is 37.3 Å². The van der Waals surface area contributed by atoms with Crippen LogP contribution in [0.5, 0.6) is 11.5 Å². The van der Waals surface area contributed by atoms with Crippen molar-refractivity contribution in [3.63, 3.8) is 0 Å². The third-order valence-electron chi connectivity index (χ3n) is 4.20. The Morgan fingerprint density at radius 2 is 2.04 bits per heavy atom. The molecule has 1 aliphatic heterocycles. The van der Waals surface area contributed by atoms with E-state index in [2.05, 4.69) is 6.07 Å². The van der Waals surface area contributed by atoms with E-state index in [1.165, 1.54) is 11.8 Å². The van der Waals surface area contributed by atoms with Crippen LogP contribution in [0.4, 0.5) is 0 Å². The van der Waals surface area contributed by atoms with Gasteiger partial charge in [-0.3, -0.25) is 9.69 Å². The smallest absolute Gasteiger partial charge is 0.266 e. The zero-order valence-corrected chi connectivity index (χ0v) is 17.1. The lowest BCUT2D eigenvalue weighted by molar-refractivity contribution is -0.121. The number of carbonyl (C=O) groups excluding carboxylic acids is 1. The van der Waals surface area contributed by atoms with Crippen LogP contribution >= 0.6 is 24.0 Å². The van der Waals surface area contributed by atoms with Crippen molar-refractivity contribution < 1.29 is 14.3 Å². The van der Waals surface area contributed by atoms with Crippen LogP contribution in [-0.2, 0) is 11.4 Å². The molecule has 2 aromatic rings. The first-order valence-corrected chi connectivity index (χ1v) is 9.84. The molecule has 1 aliphatic rings. The Hall–Kier alpha value is -2.82. The zero-order valence-electron chi connectivity index (χ0n) is 15.5. The molecule has 0 aliphatic carbocycles. The number of rotatable bonds is 6. The minimum atomic E-state index is -0.0788. The summed E-state index contributed by atoms with van der Waals surface area (Å²) in [5.41, 5.74) is 2.20. The molecule has 0 bridgehead atoms. The Balaban J connectivity index is 1.79. The minimum absolute atomic E-state index is 0.0788. The van der Waals surface area contributed by atoms with E-state index >= 15 is 0 Å². The van der Waals surface area contributed by atoms with Gasteiger partial charge in [0.25, 0.3) is 5.91 Å². The highest BCUT2D eigenvalue weighted by Gasteiger charge is 2.30. The van der Waals surface area contributed by atoms with E-state index < -0.39 is 0 Å². The number of thiocarbonyl (C=S) groups is 1. The van der Waals surface area contributed by atoms with Crippen molar-refractivity contribution in [2.75, 3.05) is 13.7 Å². The number of ether oxygens (including phenoxy) is 2. The molecule has 0 unspecified atom stereocenters. The first kappa shape index (κ1) is 19.9. The first-order valence-electron chi connectivity index (χ1n) is 8.61. The fraction of sp³-hybridized carbons (Fsp3) is 0.190. The molecule has 142 valence electrons. The number of hydrogen-bond donors (Lipinski definition) is 0. The normalized spacial score (nSPS) is 15.0. The van der Waals surface area contributed by atoms with Crippen molar-refractivity contribution >= 4 is 40.3 Å². The molecule has 5 nitrogen and oxygen atoms in total. The van der Waals surface area contributed by atoms with Gasteiger partial charge in [-0.05, 0) is 36.8 Å². The number of nitrogens with zero attached hydrogens (tertiary/aromatic N) is 2. The largest absolute Gasteiger partial charge is 0.493 e. The van der Waals surface area contributed by atoms with Crippen molar-refractivity contribution in [1.29, 1.82) is 5.26 Å². The van der Waals surface area contributed by atoms with Gasteiger partial charge in [0.1, 0.15) is 10.9 Å². The van der Waals surface area contributed by atoms with Crippen LogP contribution < -0.4 is 9.47 Å². The van der Waals surface area contributed by atoms with E-state index in [0.717, 1.165) is 11.1 Å². The lowest BCUT2D eigenvalue weighted by Crippen LogP contribution is -2.27. The van der Waals surface area contributed by atoms with E-state index in [-0.39, 0.29) is 12.5 Å². The van der Waals surface area contributed by atoms with Crippen molar-refractivity contribution in [2.24, 2.45) is 0 Å². The summed E-state index contributed by atoms with van der Waals surface area (Å²) < 4.78 is 11.9. The van der Waals surface area contributed by atoms with Crippen LogP contribution in [0.25, 0.3) is 6.08 Å². The molecule has 7 heteroatoms. The Bertz CT molecular complexity index is 995. The summed E-state index contributed by atoms with van der Waals surface area (Å²) >= 11 is 6.54. The average Bonchev–Trinajstić information content (AvgIpc) is 2.99. The number of amides is 1. The van der Waals surface area contributed by atoms with Gasteiger partial charge in [-0.2, -0.15) is 5.26 Å². The predicted octanol–water partition coefficient (Wildman–Crippen LogP) is 4.37. The maximum absolute atomic E-state index is 12.4. The van der Waals surface area contributed by atoms with Gasteiger partial charge in [0, 0.05) is 12.1 Å². The van der Waals surface area contributed by atoms with Crippen molar-refractivity contribution in [3.05, 3.63) is 64.1 Å². The van der Waals surface area contributed by atoms with E-state index in [4.69, 9.17) is 21.7 Å². The Labute approximate surface area is 173 Å². The monoisotopic (exact) mass is 410 g/mol. The Morgan fingerprint density at radius 3 is 2.71 bits per heavy atom. The van der Waals surface area contributed by atoms with Crippen LogP contribution in [0.15, 0.2) is 47.4 Å². The molecule has 1 amide bonds. The van der Waals surface area contributed by atoms with Crippen LogP contribution in [-0.4, -0.2) is 28.8 Å². The number of thioether (sulfide) groups is 1. The summed E-state index contributed by atoms with van der Waals surface area (Å²) in [5, 5.41) is 9.19. The highest BCUT2D eigenvalue weighted by atomic mass is 32.2. The molecule has 3 rings (SSSR count). The molecule has 0 spiro atoms. The molecule has 1 saturated heterocycles. The van der Waals surface area contributed by atoms with Crippen LogP contribution in [0.2, 0.25) is 0 Å². The summed E-state index contributed by atoms with van der Waals surface area (Å²) in [7, 11) is 1.56. The molecule has 0 saturated carbocycles. The van der Waals surface area contributed by atoms with Gasteiger partial charge < -0.3 is 9.47 Å². The molecule has 0 aromatic heterocycles. The van der Waals surface area contributed by atoms with Gasteiger partial charge in [0.05, 0.1) is 23.6 Å². The summed E-state index contributed by atoms with van der Waals surface area (Å²) in [6.45, 7) is 2.71. The number of hydrogen-bond acceptors (Lipinski definition) is 6. The van der Waals surface area contributed by atoms with Crippen LogP contribution in [0.1, 0.15) is 23.6 Å². The maximum Gasteiger partial charge on any atom is 0.266 e. The fourth-order valence-corrected chi connectivity index (χ4v) is 4.11. The third-order valence-corrected chi connectivity index (χ3v) is 5.57. The lowest BCUT2D eigenvalue weighted by Gasteiger charge is -2.12. The number of benzene rings is 2. The van der Waals surface area contributed by atoms with Crippen LogP contribution in [0, 0.1) is 11.3 Å². The molecule has 28 heavy (non-hydrogen) atoms. The predicted molar refractivity (Wildman–Crippen MR) is 114 cm³/mol. The topological polar surface area (TPSA) is 62.6 Å². The molecular weight excluding hydrogens is 392 g/mol. The van der Waals surface area contributed by atoms with Crippen LogP contribution in [0.3, 0.4) is 0 Å². The molecular formula is C21H18N2O3S2. The van der Waals surface area contributed by atoms with Gasteiger partial charge >= 0.3 is 0 Å². The first-order chi connectivity index (χ1) is 13.6. The molecule has 0 atom stereocenters. The van der Waals surface area contributed by atoms with E-state index in [0.29, 0.717) is 32.8 Å². The van der Waals surface area contributed by atoms with Gasteiger partial charge in [-0.15, -0.1) is 0 Å². The minimum Gasteiger partial charge on any atom is -0.493 e. The summed E-state index contributed by atoms with van der Waals surface area (Å²) in [5.74, 6) is 1.03. The van der Waals surface area contributed by atoms with E-state index in [9.17, 15) is 10.1 Å². The summed E-state index contributed by atoms with van der Waals surface area (Å²) in [6, 6.07) is 14.9. The highest BCUT2D eigenvalue weighted by molar-refractivity contribution is 8.26. The fourth-order valence-electron chi connectivity index (χ4n) is 2.73. The van der Waals surface area contributed by atoms with Gasteiger partial charge in [0.15, 0.2) is 11.5 Å². The number of nitriles is 1. The average molecular weight is 411 g/mol. The Morgan fingerprint density at radius 1 is 1.25 bits per heavy atom. The number of carbonyl (C=O) groups is 1. The van der Waals surface area contributed by atoms with Crippen molar-refractivity contribution in [3.8, 4) is 17.6 Å². The van der Waals surface area contributed by atoms with Crippen molar-refractivity contribution in [1.82, 2.24) is 4.90 Å². The third kappa shape index (κ3) is 4.19. The number of methoxy groups -OCH3 is 1. The lowest BCUT2D eigenvalue weighted by atomic mass is 10.1. The van der Waals surface area contributed by atoms with Gasteiger partial charge in [-0.25, -0.2) is 0 Å². The summed E-state index contributed by atoms with van der Waals surface area (Å²) in [4.78, 5) is 14.5. The molecule has 0 radical (unpaired) electrons. The summed E-state index contributed by atoms with van der Waals surface area (Å²) in [6.07, 6.45) is 1.80. The van der Waals surface area contributed by atoms with Crippen molar-refractivity contribution in [2.45, 2.75) is 13.5 Å². The Kier molecular flexibility index (Phi) is 6.34. The van der Waals surface area contributed by atoms with Gasteiger partial charge in [0.2, 0.25) is 0 Å². The quantitative estimate of drug-likeness (QED) is 0.521. The van der Waals surface area contributed by atoms with Gasteiger partial charge in [-0.1, -0.05) is 48.2 Å². The second kappa shape index (κ2) is 8.91. The maximum atomic E-state index is 12.4. The van der Waals surface area contributed by atoms with E-state index in [1.54, 1.807) is 30.2 Å². The SMILES string of the molecule is CCN1C(=O)/C(=C\c2ccc(OCc3ccccc3C#N)c(OC)c2)SC1=S. The zero-order chi connectivity index (χ0) is 20.1. The second-order valence-electron chi connectivity index (χ2n) is 5.89. The molecule has 2 aromatic carbocycles. The molecule has 1 heterocycles. The molecule has 1 fully saturated rings. The second-order valence-corrected chi connectivity index (χ2v) is 7.57.